The molecule has 0 saturated carbocycles. The van der Waals surface area contributed by atoms with Crippen LogP contribution in [0.15, 0.2) is 66.0 Å². The summed E-state index contributed by atoms with van der Waals surface area (Å²) in [4.78, 5) is 27.8. The Kier molecular flexibility index (Phi) is 8.49. The highest BCUT2D eigenvalue weighted by Crippen LogP contribution is 2.29. The molecule has 6 nitrogen and oxygen atoms in total. The molecule has 1 heterocycles. The molecule has 7 heteroatoms. The molecule has 1 N–H and O–H groups in total. The van der Waals surface area contributed by atoms with E-state index in [1.165, 1.54) is 11.3 Å². The number of ether oxygens (including phenoxy) is 2. The van der Waals surface area contributed by atoms with E-state index >= 15 is 0 Å². The van der Waals surface area contributed by atoms with Crippen molar-refractivity contribution in [3.63, 3.8) is 0 Å². The Balaban J connectivity index is 1.65. The van der Waals surface area contributed by atoms with Crippen molar-refractivity contribution < 1.29 is 19.1 Å². The minimum atomic E-state index is -0.611. The van der Waals surface area contributed by atoms with Gasteiger partial charge >= 0.3 is 0 Å². The molecule has 3 aromatic rings. The number of likely N-dealkylation sites (N-methyl/N-ethyl adjacent to an activating group) is 1. The second-order valence-corrected chi connectivity index (χ2v) is 9.07. The molecular formula is C26H30N2O4S. The van der Waals surface area contributed by atoms with E-state index in [2.05, 4.69) is 5.32 Å². The number of methoxy groups -OCH3 is 1. The zero-order valence-corrected chi connectivity index (χ0v) is 20.2. The van der Waals surface area contributed by atoms with Gasteiger partial charge in [-0.15, -0.1) is 11.3 Å². The summed E-state index contributed by atoms with van der Waals surface area (Å²) in [6.07, 6.45) is 0. The van der Waals surface area contributed by atoms with Crippen LogP contribution in [0.25, 0.3) is 0 Å². The van der Waals surface area contributed by atoms with Crippen molar-refractivity contribution in [1.82, 2.24) is 10.2 Å². The Morgan fingerprint density at radius 2 is 1.76 bits per heavy atom. The summed E-state index contributed by atoms with van der Waals surface area (Å²) in [6.45, 7) is 4.67. The van der Waals surface area contributed by atoms with Crippen LogP contribution < -0.4 is 14.8 Å². The van der Waals surface area contributed by atoms with E-state index < -0.39 is 6.04 Å². The molecule has 0 fully saturated rings. The zero-order chi connectivity index (χ0) is 23.8. The molecule has 0 aliphatic rings. The zero-order valence-electron chi connectivity index (χ0n) is 19.4. The van der Waals surface area contributed by atoms with E-state index in [-0.39, 0.29) is 17.7 Å². The molecular weight excluding hydrogens is 436 g/mol. The van der Waals surface area contributed by atoms with E-state index in [4.69, 9.17) is 9.47 Å². The molecule has 2 amide bonds. The van der Waals surface area contributed by atoms with Crippen molar-refractivity contribution >= 4 is 23.2 Å². The van der Waals surface area contributed by atoms with Gasteiger partial charge in [-0.05, 0) is 40.6 Å². The van der Waals surface area contributed by atoms with Crippen LogP contribution >= 0.6 is 11.3 Å². The maximum atomic E-state index is 13.1. The first-order chi connectivity index (χ1) is 15.9. The van der Waals surface area contributed by atoms with Gasteiger partial charge in [0, 0.05) is 13.6 Å². The van der Waals surface area contributed by atoms with Crippen molar-refractivity contribution in [3.05, 3.63) is 82.0 Å². The summed E-state index contributed by atoms with van der Waals surface area (Å²) in [6, 6.07) is 18.5. The summed E-state index contributed by atoms with van der Waals surface area (Å²) in [5.41, 5.74) is 1.97. The number of thiophene rings is 1. The average Bonchev–Trinajstić information content (AvgIpc) is 3.36. The van der Waals surface area contributed by atoms with Gasteiger partial charge in [0.15, 0.2) is 11.5 Å². The summed E-state index contributed by atoms with van der Waals surface area (Å²) in [5, 5.41) is 4.73. The molecule has 0 bridgehead atoms. The maximum Gasteiger partial charge on any atom is 0.262 e. The fraction of sp³-hybridized carbons (Fsp3) is 0.308. The second kappa shape index (κ2) is 11.5. The standard InChI is InChI=1S/C26H30N2O4S/c1-18(2)24(27-25(29)23-11-8-14-33-23)26(30)28(3)16-20-12-13-21(22(15-20)31-4)32-17-19-9-6-5-7-10-19/h5-15,18,24H,16-17H2,1-4H3,(H,27,29). The molecule has 0 aliphatic heterocycles. The number of hydrogen-bond donors (Lipinski definition) is 1. The summed E-state index contributed by atoms with van der Waals surface area (Å²) in [7, 11) is 3.33. The molecule has 1 unspecified atom stereocenters. The summed E-state index contributed by atoms with van der Waals surface area (Å²) < 4.78 is 11.4. The van der Waals surface area contributed by atoms with Gasteiger partial charge in [-0.1, -0.05) is 56.3 Å². The topological polar surface area (TPSA) is 67.9 Å². The van der Waals surface area contributed by atoms with Gasteiger partial charge in [0.25, 0.3) is 5.91 Å². The van der Waals surface area contributed by atoms with Crippen LogP contribution in [-0.2, 0) is 17.9 Å². The predicted octanol–water partition coefficient (Wildman–Crippen LogP) is 4.75. The largest absolute Gasteiger partial charge is 0.493 e. The third kappa shape index (κ3) is 6.58. The van der Waals surface area contributed by atoms with Gasteiger partial charge in [0.05, 0.1) is 12.0 Å². The van der Waals surface area contributed by atoms with Gasteiger partial charge in [-0.2, -0.15) is 0 Å². The number of benzene rings is 2. The Morgan fingerprint density at radius 1 is 1.00 bits per heavy atom. The van der Waals surface area contributed by atoms with E-state index in [0.29, 0.717) is 29.5 Å². The minimum absolute atomic E-state index is 0.0489. The first kappa shape index (κ1) is 24.3. The lowest BCUT2D eigenvalue weighted by atomic mass is 10.0. The van der Waals surface area contributed by atoms with E-state index in [0.717, 1.165) is 11.1 Å². The number of nitrogens with one attached hydrogen (secondary N) is 1. The fourth-order valence-electron chi connectivity index (χ4n) is 3.39. The molecule has 174 valence electrons. The Hall–Kier alpha value is -3.32. The van der Waals surface area contributed by atoms with Crippen LogP contribution in [0.1, 0.15) is 34.6 Å². The Labute approximate surface area is 199 Å². The third-order valence-electron chi connectivity index (χ3n) is 5.23. The predicted molar refractivity (Wildman–Crippen MR) is 131 cm³/mol. The van der Waals surface area contributed by atoms with Crippen LogP contribution in [0.5, 0.6) is 11.5 Å². The molecule has 0 saturated heterocycles. The van der Waals surface area contributed by atoms with E-state index in [1.54, 1.807) is 25.1 Å². The average molecular weight is 467 g/mol. The van der Waals surface area contributed by atoms with Crippen molar-refractivity contribution in [2.24, 2.45) is 5.92 Å². The first-order valence-corrected chi connectivity index (χ1v) is 11.7. The van der Waals surface area contributed by atoms with E-state index in [9.17, 15) is 9.59 Å². The number of carbonyl (C=O) groups excluding carboxylic acids is 2. The van der Waals surface area contributed by atoms with Crippen molar-refractivity contribution in [3.8, 4) is 11.5 Å². The maximum absolute atomic E-state index is 13.1. The van der Waals surface area contributed by atoms with Crippen molar-refractivity contribution in [2.45, 2.75) is 33.0 Å². The third-order valence-corrected chi connectivity index (χ3v) is 6.09. The van der Waals surface area contributed by atoms with E-state index in [1.807, 2.05) is 73.8 Å². The van der Waals surface area contributed by atoms with Gasteiger partial charge in [-0.25, -0.2) is 0 Å². The number of hydrogen-bond acceptors (Lipinski definition) is 5. The lowest BCUT2D eigenvalue weighted by molar-refractivity contribution is -0.133. The normalized spacial score (nSPS) is 11.7. The van der Waals surface area contributed by atoms with Gasteiger partial charge in [-0.3, -0.25) is 9.59 Å². The Morgan fingerprint density at radius 3 is 2.39 bits per heavy atom. The van der Waals surface area contributed by atoms with Crippen molar-refractivity contribution in [2.75, 3.05) is 14.2 Å². The number of amides is 2. The highest BCUT2D eigenvalue weighted by molar-refractivity contribution is 7.12. The number of rotatable bonds is 10. The lowest BCUT2D eigenvalue weighted by Crippen LogP contribution is -2.49. The summed E-state index contributed by atoms with van der Waals surface area (Å²) in [5.74, 6) is 0.829. The van der Waals surface area contributed by atoms with Crippen LogP contribution in [0.3, 0.4) is 0 Å². The second-order valence-electron chi connectivity index (χ2n) is 8.13. The van der Waals surface area contributed by atoms with Crippen LogP contribution in [-0.4, -0.2) is 36.9 Å². The lowest BCUT2D eigenvalue weighted by Gasteiger charge is -2.27. The molecule has 0 aliphatic carbocycles. The highest BCUT2D eigenvalue weighted by atomic mass is 32.1. The number of nitrogens with zero attached hydrogens (tertiary/aromatic N) is 1. The molecule has 0 radical (unpaired) electrons. The summed E-state index contributed by atoms with van der Waals surface area (Å²) >= 11 is 1.35. The smallest absolute Gasteiger partial charge is 0.262 e. The van der Waals surface area contributed by atoms with Gasteiger partial charge in [0.1, 0.15) is 12.6 Å². The van der Waals surface area contributed by atoms with Crippen LogP contribution in [0, 0.1) is 5.92 Å². The van der Waals surface area contributed by atoms with Crippen molar-refractivity contribution in [1.29, 1.82) is 0 Å². The highest BCUT2D eigenvalue weighted by Gasteiger charge is 2.27. The SMILES string of the molecule is COc1cc(CN(C)C(=O)C(NC(=O)c2cccs2)C(C)C)ccc1OCc1ccccc1. The molecule has 2 aromatic carbocycles. The van der Waals surface area contributed by atoms with Gasteiger partial charge in [0.2, 0.25) is 5.91 Å². The molecule has 33 heavy (non-hydrogen) atoms. The number of carbonyl (C=O) groups is 2. The van der Waals surface area contributed by atoms with Crippen LogP contribution in [0.2, 0.25) is 0 Å². The quantitative estimate of drug-likeness (QED) is 0.468. The molecule has 1 atom stereocenters. The Bertz CT molecular complexity index is 1050. The monoisotopic (exact) mass is 466 g/mol. The molecule has 0 spiro atoms. The molecule has 1 aromatic heterocycles. The first-order valence-electron chi connectivity index (χ1n) is 10.8. The van der Waals surface area contributed by atoms with Crippen LogP contribution in [0.4, 0.5) is 0 Å². The minimum Gasteiger partial charge on any atom is -0.493 e. The van der Waals surface area contributed by atoms with Gasteiger partial charge < -0.3 is 19.7 Å². The fourth-order valence-corrected chi connectivity index (χ4v) is 4.01. The molecule has 3 rings (SSSR count).